The lowest BCUT2D eigenvalue weighted by molar-refractivity contribution is -0.0882. The van der Waals surface area contributed by atoms with Crippen LogP contribution in [0.25, 0.3) is 38.6 Å². The summed E-state index contributed by atoms with van der Waals surface area (Å²) in [7, 11) is 0. The predicted molar refractivity (Wildman–Crippen MR) is 143 cm³/mol. The highest BCUT2D eigenvalue weighted by Gasteiger charge is 2.27. The molecule has 4 heterocycles. The molecule has 1 saturated heterocycles. The minimum Gasteiger partial charge on any atom is -0.373 e. The van der Waals surface area contributed by atoms with Crippen molar-refractivity contribution >= 4 is 44.5 Å². The number of benzene rings is 2. The van der Waals surface area contributed by atoms with Gasteiger partial charge >= 0.3 is 0 Å². The van der Waals surface area contributed by atoms with Gasteiger partial charge in [0, 0.05) is 41.0 Å². The highest BCUT2D eigenvalue weighted by atomic mass is 32.1. The molecule has 1 aliphatic heterocycles. The van der Waals surface area contributed by atoms with Crippen molar-refractivity contribution in [3.05, 3.63) is 71.5 Å². The standard InChI is InChI=1S/C27H28N6OS/c1-17(25-15-35-26(31-25)14-33-9-10-34-27(2,3)16-33)30-23-11-18(12-24-21(23)13-29-32-24)19-5-4-6-22-20(19)7-8-28-22/h4-8,11-13,15,28,30H,1,9-10,14,16H2,2-3H3,(H,29,32). The van der Waals surface area contributed by atoms with E-state index in [0.717, 1.165) is 70.3 Å². The van der Waals surface area contributed by atoms with Gasteiger partial charge in [0.05, 0.1) is 47.5 Å². The van der Waals surface area contributed by atoms with Gasteiger partial charge in [0.25, 0.3) is 0 Å². The molecule has 0 unspecified atom stereocenters. The number of anilines is 1. The molecule has 1 fully saturated rings. The third-order valence-electron chi connectivity index (χ3n) is 6.47. The van der Waals surface area contributed by atoms with Crippen LogP contribution in [-0.2, 0) is 11.3 Å². The van der Waals surface area contributed by atoms with Crippen molar-refractivity contribution in [2.45, 2.75) is 26.0 Å². The Hall–Kier alpha value is -3.46. The fourth-order valence-corrected chi connectivity index (χ4v) is 5.69. The molecule has 0 aliphatic carbocycles. The van der Waals surface area contributed by atoms with Crippen LogP contribution in [-0.4, -0.2) is 50.4 Å². The Kier molecular flexibility index (Phi) is 5.44. The van der Waals surface area contributed by atoms with Crippen LogP contribution < -0.4 is 5.32 Å². The van der Waals surface area contributed by atoms with Gasteiger partial charge < -0.3 is 15.0 Å². The lowest BCUT2D eigenvalue weighted by atomic mass is 9.99. The topological polar surface area (TPSA) is 81.9 Å². The van der Waals surface area contributed by atoms with E-state index in [0.29, 0.717) is 0 Å². The summed E-state index contributed by atoms with van der Waals surface area (Å²) in [6.45, 7) is 12.0. The van der Waals surface area contributed by atoms with Crippen LogP contribution in [0.5, 0.6) is 0 Å². The summed E-state index contributed by atoms with van der Waals surface area (Å²) >= 11 is 1.67. The van der Waals surface area contributed by atoms with E-state index in [2.05, 4.69) is 87.6 Å². The minimum atomic E-state index is -0.116. The molecule has 3 N–H and O–H groups in total. The molecule has 3 aromatic heterocycles. The zero-order chi connectivity index (χ0) is 24.0. The van der Waals surface area contributed by atoms with E-state index in [1.165, 1.54) is 10.9 Å². The number of nitrogens with one attached hydrogen (secondary N) is 3. The zero-order valence-corrected chi connectivity index (χ0v) is 20.7. The van der Waals surface area contributed by atoms with Gasteiger partial charge in [0.1, 0.15) is 5.01 Å². The number of thiazole rings is 1. The lowest BCUT2D eigenvalue weighted by Gasteiger charge is -2.37. The molecule has 0 spiro atoms. The number of morpholine rings is 1. The van der Waals surface area contributed by atoms with E-state index in [-0.39, 0.29) is 5.60 Å². The van der Waals surface area contributed by atoms with Crippen molar-refractivity contribution in [1.29, 1.82) is 0 Å². The minimum absolute atomic E-state index is 0.116. The second kappa shape index (κ2) is 8.64. The first-order valence-corrected chi connectivity index (χ1v) is 12.6. The Labute approximate surface area is 207 Å². The smallest absolute Gasteiger partial charge is 0.107 e. The van der Waals surface area contributed by atoms with E-state index in [4.69, 9.17) is 9.72 Å². The summed E-state index contributed by atoms with van der Waals surface area (Å²) in [5.74, 6) is 0. The maximum Gasteiger partial charge on any atom is 0.107 e. The summed E-state index contributed by atoms with van der Waals surface area (Å²) in [5.41, 5.74) is 6.84. The van der Waals surface area contributed by atoms with Gasteiger partial charge in [0.2, 0.25) is 0 Å². The number of fused-ring (bicyclic) bond motifs is 2. The maximum absolute atomic E-state index is 5.84. The van der Waals surface area contributed by atoms with Crippen LogP contribution in [0.15, 0.2) is 60.8 Å². The number of H-pyrrole nitrogens is 2. The fourth-order valence-electron chi connectivity index (χ4n) is 4.84. The molecular weight excluding hydrogens is 456 g/mol. The SMILES string of the molecule is C=C(Nc1cc(-c2cccc3[nH]ccc23)cc2[nH]ncc12)c1csc(CN2CCOC(C)(C)C2)n1. The van der Waals surface area contributed by atoms with Crippen LogP contribution in [0.2, 0.25) is 0 Å². The molecule has 0 amide bonds. The lowest BCUT2D eigenvalue weighted by Crippen LogP contribution is -2.47. The van der Waals surface area contributed by atoms with E-state index in [1.807, 2.05) is 12.4 Å². The monoisotopic (exact) mass is 484 g/mol. The van der Waals surface area contributed by atoms with Gasteiger partial charge in [-0.3, -0.25) is 10.00 Å². The number of rotatable bonds is 6. The van der Waals surface area contributed by atoms with E-state index < -0.39 is 0 Å². The van der Waals surface area contributed by atoms with Crippen molar-refractivity contribution < 1.29 is 4.74 Å². The van der Waals surface area contributed by atoms with E-state index >= 15 is 0 Å². The highest BCUT2D eigenvalue weighted by molar-refractivity contribution is 7.09. The molecule has 35 heavy (non-hydrogen) atoms. The van der Waals surface area contributed by atoms with Crippen molar-refractivity contribution in [2.75, 3.05) is 25.0 Å². The Morgan fingerprint density at radius 1 is 1.23 bits per heavy atom. The molecule has 8 heteroatoms. The molecule has 2 aromatic carbocycles. The number of hydrogen-bond donors (Lipinski definition) is 3. The predicted octanol–water partition coefficient (Wildman–Crippen LogP) is 5.86. The van der Waals surface area contributed by atoms with E-state index in [1.54, 1.807) is 11.3 Å². The average Bonchev–Trinajstić information content (AvgIpc) is 3.58. The van der Waals surface area contributed by atoms with Crippen molar-refractivity contribution in [1.82, 2.24) is 25.1 Å². The normalized spacial score (nSPS) is 16.2. The average molecular weight is 485 g/mol. The van der Waals surface area contributed by atoms with Gasteiger partial charge in [0.15, 0.2) is 0 Å². The Morgan fingerprint density at radius 3 is 3.03 bits per heavy atom. The largest absolute Gasteiger partial charge is 0.373 e. The van der Waals surface area contributed by atoms with Gasteiger partial charge in [-0.1, -0.05) is 18.7 Å². The quantitative estimate of drug-likeness (QED) is 0.281. The van der Waals surface area contributed by atoms with Crippen LogP contribution >= 0.6 is 11.3 Å². The second-order valence-electron chi connectivity index (χ2n) is 9.65. The van der Waals surface area contributed by atoms with Crippen LogP contribution in [0, 0.1) is 0 Å². The molecular formula is C27H28N6OS. The molecule has 0 saturated carbocycles. The van der Waals surface area contributed by atoms with Gasteiger partial charge in [-0.15, -0.1) is 11.3 Å². The van der Waals surface area contributed by atoms with Gasteiger partial charge in [-0.25, -0.2) is 4.98 Å². The Bertz CT molecular complexity index is 1530. The summed E-state index contributed by atoms with van der Waals surface area (Å²) in [6.07, 6.45) is 3.82. The second-order valence-corrected chi connectivity index (χ2v) is 10.6. The Morgan fingerprint density at radius 2 is 2.14 bits per heavy atom. The van der Waals surface area contributed by atoms with Gasteiger partial charge in [-0.2, -0.15) is 5.10 Å². The third-order valence-corrected chi connectivity index (χ3v) is 7.31. The summed E-state index contributed by atoms with van der Waals surface area (Å²) in [5, 5.41) is 16.3. The fraction of sp³-hybridized carbons (Fsp3) is 0.259. The number of aromatic amines is 2. The Balaban J connectivity index is 1.26. The van der Waals surface area contributed by atoms with Crippen LogP contribution in [0.4, 0.5) is 5.69 Å². The molecule has 7 nitrogen and oxygen atoms in total. The number of nitrogens with zero attached hydrogens (tertiary/aromatic N) is 3. The molecule has 1 aliphatic rings. The first-order valence-electron chi connectivity index (χ1n) is 11.8. The summed E-state index contributed by atoms with van der Waals surface area (Å²) < 4.78 is 5.84. The zero-order valence-electron chi connectivity index (χ0n) is 19.9. The third kappa shape index (κ3) is 4.36. The molecule has 0 bridgehead atoms. The molecule has 5 aromatic rings. The number of hydrogen-bond acceptors (Lipinski definition) is 6. The highest BCUT2D eigenvalue weighted by Crippen LogP contribution is 2.35. The molecule has 6 rings (SSSR count). The van der Waals surface area contributed by atoms with Crippen molar-refractivity contribution in [2.24, 2.45) is 0 Å². The van der Waals surface area contributed by atoms with E-state index in [9.17, 15) is 0 Å². The van der Waals surface area contributed by atoms with Crippen molar-refractivity contribution in [3.63, 3.8) is 0 Å². The van der Waals surface area contributed by atoms with Crippen LogP contribution in [0.1, 0.15) is 24.5 Å². The van der Waals surface area contributed by atoms with Crippen LogP contribution in [0.3, 0.4) is 0 Å². The molecule has 178 valence electrons. The maximum atomic E-state index is 5.84. The summed E-state index contributed by atoms with van der Waals surface area (Å²) in [4.78, 5) is 10.6. The molecule has 0 atom stereocenters. The number of aromatic nitrogens is 4. The van der Waals surface area contributed by atoms with Gasteiger partial charge in [-0.05, 0) is 49.2 Å². The molecule has 0 radical (unpaired) electrons. The summed E-state index contributed by atoms with van der Waals surface area (Å²) in [6, 6.07) is 12.7. The van der Waals surface area contributed by atoms with Crippen molar-refractivity contribution in [3.8, 4) is 11.1 Å². The first kappa shape index (κ1) is 22.0. The number of ether oxygens (including phenoxy) is 1. The first-order chi connectivity index (χ1) is 16.9.